The lowest BCUT2D eigenvalue weighted by Gasteiger charge is -2.32. The molecule has 1 fully saturated rings. The summed E-state index contributed by atoms with van der Waals surface area (Å²) in [5.74, 6) is 1.02. The van der Waals surface area contributed by atoms with Crippen LogP contribution in [0.3, 0.4) is 0 Å². The van der Waals surface area contributed by atoms with Gasteiger partial charge in [0.05, 0.1) is 10.5 Å². The van der Waals surface area contributed by atoms with Crippen LogP contribution >= 0.6 is 11.6 Å². The highest BCUT2D eigenvalue weighted by molar-refractivity contribution is 6.35. The molecule has 1 aromatic carbocycles. The van der Waals surface area contributed by atoms with Gasteiger partial charge in [0.2, 0.25) is 0 Å². The maximum atomic E-state index is 6.13. The van der Waals surface area contributed by atoms with Gasteiger partial charge in [-0.1, -0.05) is 17.7 Å². The fourth-order valence-corrected chi connectivity index (χ4v) is 2.47. The summed E-state index contributed by atoms with van der Waals surface area (Å²) in [6, 6.07) is 5.92. The number of aromatic nitrogens is 2. The maximum absolute atomic E-state index is 6.13. The number of likely N-dealkylation sites (N-methyl/N-ethyl adjacent to an activating group) is 1. The van der Waals surface area contributed by atoms with Crippen molar-refractivity contribution in [2.45, 2.75) is 0 Å². The van der Waals surface area contributed by atoms with Crippen LogP contribution in [0.2, 0.25) is 5.02 Å². The van der Waals surface area contributed by atoms with Crippen LogP contribution in [-0.4, -0.2) is 48.3 Å². The normalized spacial score (nSPS) is 17.9. The molecular formula is C12H15ClN4. The summed E-state index contributed by atoms with van der Waals surface area (Å²) < 4.78 is 0. The number of hydrogen-bond donors (Lipinski definition) is 1. The number of nitrogens with one attached hydrogen (secondary N) is 1. The average molecular weight is 251 g/mol. The summed E-state index contributed by atoms with van der Waals surface area (Å²) in [7, 11) is 2.15. The van der Waals surface area contributed by atoms with Gasteiger partial charge in [0, 0.05) is 31.6 Å². The van der Waals surface area contributed by atoms with Crippen molar-refractivity contribution in [3.63, 3.8) is 0 Å². The summed E-state index contributed by atoms with van der Waals surface area (Å²) in [5.41, 5.74) is 0.933. The Bertz CT molecular complexity index is 528. The van der Waals surface area contributed by atoms with Gasteiger partial charge >= 0.3 is 0 Å². The standard InChI is InChI=1S/C12H15ClN4/c1-16-5-7-17(8-6-16)12-9-3-2-4-10(13)11(9)14-15-12/h2-4H,5-8H2,1H3,(H,14,15). The minimum Gasteiger partial charge on any atom is -0.352 e. The predicted molar refractivity (Wildman–Crippen MR) is 70.8 cm³/mol. The molecule has 0 bridgehead atoms. The molecule has 1 aromatic heterocycles. The van der Waals surface area contributed by atoms with E-state index in [4.69, 9.17) is 11.6 Å². The smallest absolute Gasteiger partial charge is 0.158 e. The number of aromatic amines is 1. The molecule has 90 valence electrons. The molecule has 1 saturated heterocycles. The number of anilines is 1. The topological polar surface area (TPSA) is 35.2 Å². The van der Waals surface area contributed by atoms with E-state index in [0.717, 1.165) is 47.9 Å². The van der Waals surface area contributed by atoms with E-state index >= 15 is 0 Å². The van der Waals surface area contributed by atoms with E-state index in [1.54, 1.807) is 0 Å². The Kier molecular flexibility index (Phi) is 2.68. The Hall–Kier alpha value is -1.26. The van der Waals surface area contributed by atoms with Gasteiger partial charge in [0.15, 0.2) is 5.82 Å². The first-order valence-electron chi connectivity index (χ1n) is 5.82. The number of rotatable bonds is 1. The predicted octanol–water partition coefficient (Wildman–Crippen LogP) is 1.97. The average Bonchev–Trinajstić information content (AvgIpc) is 2.75. The molecule has 17 heavy (non-hydrogen) atoms. The van der Waals surface area contributed by atoms with E-state index < -0.39 is 0 Å². The molecule has 1 aliphatic heterocycles. The number of para-hydroxylation sites is 1. The van der Waals surface area contributed by atoms with Gasteiger partial charge in [0.1, 0.15) is 0 Å². The van der Waals surface area contributed by atoms with Crippen LogP contribution in [0.15, 0.2) is 18.2 Å². The van der Waals surface area contributed by atoms with Crippen molar-refractivity contribution in [3.8, 4) is 0 Å². The van der Waals surface area contributed by atoms with Crippen molar-refractivity contribution in [1.82, 2.24) is 15.1 Å². The van der Waals surface area contributed by atoms with Crippen LogP contribution in [0.5, 0.6) is 0 Å². The molecule has 4 nitrogen and oxygen atoms in total. The van der Waals surface area contributed by atoms with Gasteiger partial charge in [-0.25, -0.2) is 0 Å². The monoisotopic (exact) mass is 250 g/mol. The highest BCUT2D eigenvalue weighted by atomic mass is 35.5. The first-order valence-corrected chi connectivity index (χ1v) is 6.19. The summed E-state index contributed by atoms with van der Waals surface area (Å²) in [5, 5.41) is 9.28. The van der Waals surface area contributed by atoms with Crippen LogP contribution < -0.4 is 4.90 Å². The van der Waals surface area contributed by atoms with Crippen molar-refractivity contribution >= 4 is 28.3 Å². The number of benzene rings is 1. The minimum atomic E-state index is 0.732. The Labute approximate surface area is 105 Å². The Morgan fingerprint density at radius 2 is 2.00 bits per heavy atom. The van der Waals surface area contributed by atoms with E-state index in [0.29, 0.717) is 0 Å². The van der Waals surface area contributed by atoms with Crippen molar-refractivity contribution in [3.05, 3.63) is 23.2 Å². The number of hydrogen-bond acceptors (Lipinski definition) is 3. The first-order chi connectivity index (χ1) is 8.25. The molecule has 0 amide bonds. The molecule has 0 aliphatic carbocycles. The van der Waals surface area contributed by atoms with E-state index in [1.165, 1.54) is 0 Å². The maximum Gasteiger partial charge on any atom is 0.158 e. The van der Waals surface area contributed by atoms with Crippen LogP contribution in [0.25, 0.3) is 10.9 Å². The number of halogens is 1. The molecule has 0 spiro atoms. The molecule has 1 N–H and O–H groups in total. The minimum absolute atomic E-state index is 0.732. The lowest BCUT2D eigenvalue weighted by atomic mass is 10.2. The van der Waals surface area contributed by atoms with Crippen LogP contribution in [0.4, 0.5) is 5.82 Å². The molecule has 5 heteroatoms. The lowest BCUT2D eigenvalue weighted by molar-refractivity contribution is 0.312. The summed E-state index contributed by atoms with van der Waals surface area (Å²) in [6.07, 6.45) is 0. The second-order valence-electron chi connectivity index (χ2n) is 4.50. The van der Waals surface area contributed by atoms with Crippen LogP contribution in [-0.2, 0) is 0 Å². The first kappa shape index (κ1) is 10.9. The molecule has 2 heterocycles. The lowest BCUT2D eigenvalue weighted by Crippen LogP contribution is -2.44. The van der Waals surface area contributed by atoms with Gasteiger partial charge in [0.25, 0.3) is 0 Å². The molecule has 0 atom stereocenters. The number of piperazine rings is 1. The second-order valence-corrected chi connectivity index (χ2v) is 4.91. The summed E-state index contributed by atoms with van der Waals surface area (Å²) in [4.78, 5) is 4.65. The Morgan fingerprint density at radius 1 is 1.24 bits per heavy atom. The summed E-state index contributed by atoms with van der Waals surface area (Å²) in [6.45, 7) is 4.19. The molecule has 1 aliphatic rings. The third kappa shape index (κ3) is 1.87. The quantitative estimate of drug-likeness (QED) is 0.841. The third-order valence-electron chi connectivity index (χ3n) is 3.33. The van der Waals surface area contributed by atoms with Gasteiger partial charge in [-0.15, -0.1) is 0 Å². The zero-order valence-electron chi connectivity index (χ0n) is 9.78. The van der Waals surface area contributed by atoms with Gasteiger partial charge in [-0.05, 0) is 19.2 Å². The van der Waals surface area contributed by atoms with E-state index in [-0.39, 0.29) is 0 Å². The fraction of sp³-hybridized carbons (Fsp3) is 0.417. The highest BCUT2D eigenvalue weighted by Gasteiger charge is 2.19. The van der Waals surface area contributed by atoms with Gasteiger partial charge < -0.3 is 9.80 Å². The van der Waals surface area contributed by atoms with Gasteiger partial charge in [-0.3, -0.25) is 5.10 Å². The number of H-pyrrole nitrogens is 1. The van der Waals surface area contributed by atoms with E-state index in [9.17, 15) is 0 Å². The molecule has 0 unspecified atom stereocenters. The Balaban J connectivity index is 1.98. The zero-order valence-corrected chi connectivity index (χ0v) is 10.5. The molecular weight excluding hydrogens is 236 g/mol. The van der Waals surface area contributed by atoms with Crippen molar-refractivity contribution in [2.75, 3.05) is 38.1 Å². The highest BCUT2D eigenvalue weighted by Crippen LogP contribution is 2.29. The molecule has 2 aromatic rings. The third-order valence-corrected chi connectivity index (χ3v) is 3.65. The molecule has 0 saturated carbocycles. The largest absolute Gasteiger partial charge is 0.352 e. The summed E-state index contributed by atoms with van der Waals surface area (Å²) >= 11 is 6.13. The second kappa shape index (κ2) is 4.20. The molecule has 0 radical (unpaired) electrons. The van der Waals surface area contributed by atoms with Crippen LogP contribution in [0, 0.1) is 0 Å². The number of fused-ring (bicyclic) bond motifs is 1. The van der Waals surface area contributed by atoms with Crippen LogP contribution in [0.1, 0.15) is 0 Å². The van der Waals surface area contributed by atoms with Crippen molar-refractivity contribution in [2.24, 2.45) is 0 Å². The fourth-order valence-electron chi connectivity index (χ4n) is 2.25. The van der Waals surface area contributed by atoms with E-state index in [1.807, 2.05) is 12.1 Å². The Morgan fingerprint density at radius 3 is 2.76 bits per heavy atom. The molecule has 3 rings (SSSR count). The van der Waals surface area contributed by atoms with Gasteiger partial charge in [-0.2, -0.15) is 5.10 Å². The SMILES string of the molecule is CN1CCN(c2n[nH]c3c(Cl)cccc23)CC1. The number of nitrogens with zero attached hydrogens (tertiary/aromatic N) is 3. The zero-order chi connectivity index (χ0) is 11.8. The van der Waals surface area contributed by atoms with Crippen molar-refractivity contribution in [1.29, 1.82) is 0 Å². The van der Waals surface area contributed by atoms with E-state index in [2.05, 4.69) is 33.1 Å². The van der Waals surface area contributed by atoms with Crippen molar-refractivity contribution < 1.29 is 0 Å².